The number of benzene rings is 1. The summed E-state index contributed by atoms with van der Waals surface area (Å²) < 4.78 is 7.08. The number of hydrogen-bond acceptors (Lipinski definition) is 3. The fourth-order valence-electron chi connectivity index (χ4n) is 2.38. The first kappa shape index (κ1) is 12.0. The van der Waals surface area contributed by atoms with Crippen LogP contribution >= 0.6 is 0 Å². The second-order valence-electron chi connectivity index (χ2n) is 4.80. The highest BCUT2D eigenvalue weighted by atomic mass is 16.3. The third kappa shape index (κ3) is 2.15. The van der Waals surface area contributed by atoms with E-state index in [2.05, 4.69) is 5.10 Å². The lowest BCUT2D eigenvalue weighted by Crippen LogP contribution is -2.02. The van der Waals surface area contributed by atoms with Gasteiger partial charge in [-0.2, -0.15) is 5.10 Å². The molecule has 0 bridgehead atoms. The summed E-state index contributed by atoms with van der Waals surface area (Å²) in [6.45, 7) is 1.87. The molecule has 0 fully saturated rings. The quantitative estimate of drug-likeness (QED) is 0.784. The molecule has 0 saturated heterocycles. The molecule has 1 unspecified atom stereocenters. The Kier molecular flexibility index (Phi) is 2.87. The predicted octanol–water partition coefficient (Wildman–Crippen LogP) is 2.75. The number of fused-ring (bicyclic) bond motifs is 1. The molecule has 0 saturated carbocycles. The molecule has 19 heavy (non-hydrogen) atoms. The van der Waals surface area contributed by atoms with Crippen LogP contribution in [0.5, 0.6) is 0 Å². The highest BCUT2D eigenvalue weighted by Crippen LogP contribution is 2.24. The lowest BCUT2D eigenvalue weighted by atomic mass is 10.1. The Hall–Kier alpha value is -2.07. The van der Waals surface area contributed by atoms with E-state index in [4.69, 9.17) is 4.42 Å². The molecule has 3 rings (SSSR count). The van der Waals surface area contributed by atoms with E-state index in [1.165, 1.54) is 0 Å². The van der Waals surface area contributed by atoms with Crippen LogP contribution in [0.2, 0.25) is 0 Å². The lowest BCUT2D eigenvalue weighted by Gasteiger charge is -2.05. The predicted molar refractivity (Wildman–Crippen MR) is 72.8 cm³/mol. The molecule has 3 aromatic rings. The third-order valence-corrected chi connectivity index (χ3v) is 3.36. The largest absolute Gasteiger partial charge is 0.469 e. The molecular formula is C15H16N2O2. The molecule has 0 aliphatic rings. The van der Waals surface area contributed by atoms with Crippen molar-refractivity contribution in [3.8, 4) is 0 Å². The smallest absolute Gasteiger partial charge is 0.101 e. The van der Waals surface area contributed by atoms with E-state index in [9.17, 15) is 5.11 Å². The summed E-state index contributed by atoms with van der Waals surface area (Å²) in [5.74, 6) is 0.805. The van der Waals surface area contributed by atoms with Gasteiger partial charge in [0.2, 0.25) is 0 Å². The molecule has 98 valence electrons. The molecule has 0 radical (unpaired) electrons. The van der Waals surface area contributed by atoms with Crippen molar-refractivity contribution in [1.82, 2.24) is 9.78 Å². The number of furan rings is 1. The molecule has 0 amide bonds. The van der Waals surface area contributed by atoms with E-state index in [1.807, 2.05) is 49.0 Å². The Bertz CT molecular complexity index is 712. The molecule has 0 spiro atoms. The van der Waals surface area contributed by atoms with Gasteiger partial charge in [-0.25, -0.2) is 0 Å². The monoisotopic (exact) mass is 256 g/mol. The van der Waals surface area contributed by atoms with Crippen LogP contribution < -0.4 is 0 Å². The maximum atomic E-state index is 10.2. The van der Waals surface area contributed by atoms with Gasteiger partial charge < -0.3 is 9.52 Å². The maximum absolute atomic E-state index is 10.2. The van der Waals surface area contributed by atoms with Gasteiger partial charge in [-0.05, 0) is 19.1 Å². The van der Waals surface area contributed by atoms with E-state index in [-0.39, 0.29) is 0 Å². The topological polar surface area (TPSA) is 51.2 Å². The van der Waals surface area contributed by atoms with Crippen molar-refractivity contribution < 1.29 is 9.52 Å². The first-order valence-electron chi connectivity index (χ1n) is 6.29. The van der Waals surface area contributed by atoms with E-state index in [0.29, 0.717) is 6.42 Å². The average Bonchev–Trinajstić information content (AvgIpc) is 2.96. The number of aryl methyl sites for hydroxylation is 2. The molecule has 4 nitrogen and oxygen atoms in total. The molecular weight excluding hydrogens is 240 g/mol. The highest BCUT2D eigenvalue weighted by molar-refractivity contribution is 5.81. The van der Waals surface area contributed by atoms with Gasteiger partial charge in [-0.3, -0.25) is 4.68 Å². The number of para-hydroxylation sites is 1. The van der Waals surface area contributed by atoms with Gasteiger partial charge in [0.25, 0.3) is 0 Å². The Labute approximate surface area is 111 Å². The van der Waals surface area contributed by atoms with Crippen molar-refractivity contribution in [3.63, 3.8) is 0 Å². The van der Waals surface area contributed by atoms with Gasteiger partial charge in [0.15, 0.2) is 0 Å². The van der Waals surface area contributed by atoms with Crippen LogP contribution in [-0.2, 0) is 13.5 Å². The second-order valence-corrected chi connectivity index (χ2v) is 4.80. The standard InChI is InChI=1S/C15H16N2O2/c1-10-7-11(9-19-10)15(18)8-13-12-5-3-4-6-14(12)17(2)16-13/h3-7,9,15,18H,8H2,1-2H3. The zero-order chi connectivity index (χ0) is 13.4. The summed E-state index contributed by atoms with van der Waals surface area (Å²) in [5.41, 5.74) is 2.78. The van der Waals surface area contributed by atoms with Crippen molar-refractivity contribution in [2.75, 3.05) is 0 Å². The summed E-state index contributed by atoms with van der Waals surface area (Å²) in [6.07, 6.45) is 1.50. The first-order valence-corrected chi connectivity index (χ1v) is 6.29. The van der Waals surface area contributed by atoms with Crippen LogP contribution in [0.25, 0.3) is 10.9 Å². The summed E-state index contributed by atoms with van der Waals surface area (Å²) in [7, 11) is 1.92. The van der Waals surface area contributed by atoms with Gasteiger partial charge in [0.1, 0.15) is 5.76 Å². The number of aliphatic hydroxyl groups is 1. The minimum atomic E-state index is -0.587. The summed E-state index contributed by atoms with van der Waals surface area (Å²) >= 11 is 0. The molecule has 0 aliphatic carbocycles. The first-order chi connectivity index (χ1) is 9.15. The van der Waals surface area contributed by atoms with E-state index in [1.54, 1.807) is 6.26 Å². The van der Waals surface area contributed by atoms with Crippen LogP contribution in [0.4, 0.5) is 0 Å². The normalized spacial score (nSPS) is 13.0. The number of nitrogens with zero attached hydrogens (tertiary/aromatic N) is 2. The Morgan fingerprint density at radius 3 is 2.89 bits per heavy atom. The molecule has 1 N–H and O–H groups in total. The van der Waals surface area contributed by atoms with E-state index < -0.39 is 6.10 Å². The Morgan fingerprint density at radius 1 is 1.37 bits per heavy atom. The second kappa shape index (κ2) is 4.55. The summed E-state index contributed by atoms with van der Waals surface area (Å²) in [5, 5.41) is 15.8. The van der Waals surface area contributed by atoms with Crippen molar-refractivity contribution in [3.05, 3.63) is 53.6 Å². The van der Waals surface area contributed by atoms with Crippen molar-refractivity contribution in [2.24, 2.45) is 7.05 Å². The SMILES string of the molecule is Cc1cc(C(O)Cc2nn(C)c3ccccc23)co1. The fraction of sp³-hybridized carbons (Fsp3) is 0.267. The van der Waals surface area contributed by atoms with Crippen molar-refractivity contribution in [1.29, 1.82) is 0 Å². The van der Waals surface area contributed by atoms with Gasteiger partial charge >= 0.3 is 0 Å². The minimum absolute atomic E-state index is 0.486. The third-order valence-electron chi connectivity index (χ3n) is 3.36. The Balaban J connectivity index is 1.93. The van der Waals surface area contributed by atoms with Crippen LogP contribution in [0.1, 0.15) is 23.1 Å². The van der Waals surface area contributed by atoms with Crippen LogP contribution in [-0.4, -0.2) is 14.9 Å². The number of aliphatic hydroxyl groups excluding tert-OH is 1. The van der Waals surface area contributed by atoms with Crippen molar-refractivity contribution >= 4 is 10.9 Å². The molecule has 2 heterocycles. The summed E-state index contributed by atoms with van der Waals surface area (Å²) in [6, 6.07) is 9.90. The van der Waals surface area contributed by atoms with Crippen molar-refractivity contribution in [2.45, 2.75) is 19.4 Å². The van der Waals surface area contributed by atoms with Gasteiger partial charge in [-0.1, -0.05) is 18.2 Å². The number of rotatable bonds is 3. The molecule has 1 atom stereocenters. The molecule has 2 aromatic heterocycles. The van der Waals surface area contributed by atoms with Gasteiger partial charge in [-0.15, -0.1) is 0 Å². The van der Waals surface area contributed by atoms with Crippen LogP contribution in [0.3, 0.4) is 0 Å². The highest BCUT2D eigenvalue weighted by Gasteiger charge is 2.15. The minimum Gasteiger partial charge on any atom is -0.469 e. The van der Waals surface area contributed by atoms with E-state index in [0.717, 1.165) is 27.9 Å². The summed E-state index contributed by atoms with van der Waals surface area (Å²) in [4.78, 5) is 0. The fourth-order valence-corrected chi connectivity index (χ4v) is 2.38. The van der Waals surface area contributed by atoms with E-state index >= 15 is 0 Å². The molecule has 1 aromatic carbocycles. The zero-order valence-corrected chi connectivity index (χ0v) is 11.0. The average molecular weight is 256 g/mol. The Morgan fingerprint density at radius 2 is 2.16 bits per heavy atom. The molecule has 4 heteroatoms. The van der Waals surface area contributed by atoms with Crippen LogP contribution in [0.15, 0.2) is 41.0 Å². The lowest BCUT2D eigenvalue weighted by molar-refractivity contribution is 0.176. The molecule has 0 aliphatic heterocycles. The van der Waals surface area contributed by atoms with Crippen LogP contribution in [0, 0.1) is 6.92 Å². The number of hydrogen-bond donors (Lipinski definition) is 1. The van der Waals surface area contributed by atoms with Gasteiger partial charge in [0, 0.05) is 24.4 Å². The maximum Gasteiger partial charge on any atom is 0.101 e. The number of aromatic nitrogens is 2. The zero-order valence-electron chi connectivity index (χ0n) is 11.0. The van der Waals surface area contributed by atoms with Gasteiger partial charge in [0.05, 0.1) is 23.6 Å².